The van der Waals surface area contributed by atoms with Crippen molar-refractivity contribution >= 4 is 17.2 Å². The van der Waals surface area contributed by atoms with Crippen LogP contribution in [0.1, 0.15) is 27.7 Å². The topological polar surface area (TPSA) is 72.3 Å². The van der Waals surface area contributed by atoms with Crippen molar-refractivity contribution in [2.45, 2.75) is 12.6 Å². The lowest BCUT2D eigenvalue weighted by molar-refractivity contribution is -0.123. The van der Waals surface area contributed by atoms with E-state index in [-0.39, 0.29) is 11.9 Å². The minimum Gasteiger partial charge on any atom is -0.342 e. The Morgan fingerprint density at radius 2 is 1.77 bits per heavy atom. The standard InChI is InChI=1S/C24H25N5OS/c25-16-19-6-8-20(9-7-19)17-28-11-13-29(14-12-28)18-22(30)27-23(24-26-10-15-31-24)21-4-2-1-3-5-21/h1-10,15,23H,11-14,17-18H2,(H,27,30). The molecule has 31 heavy (non-hydrogen) atoms. The summed E-state index contributed by atoms with van der Waals surface area (Å²) in [6.07, 6.45) is 1.77. The zero-order valence-corrected chi connectivity index (χ0v) is 18.1. The van der Waals surface area contributed by atoms with Crippen LogP contribution in [0.3, 0.4) is 0 Å². The Labute approximate surface area is 186 Å². The highest BCUT2D eigenvalue weighted by atomic mass is 32.1. The van der Waals surface area contributed by atoms with Crippen molar-refractivity contribution in [3.05, 3.63) is 87.9 Å². The van der Waals surface area contributed by atoms with Gasteiger partial charge >= 0.3 is 0 Å². The highest BCUT2D eigenvalue weighted by molar-refractivity contribution is 7.09. The summed E-state index contributed by atoms with van der Waals surface area (Å²) in [5, 5.41) is 14.9. The molecule has 158 valence electrons. The van der Waals surface area contributed by atoms with E-state index in [4.69, 9.17) is 5.26 Å². The van der Waals surface area contributed by atoms with Crippen molar-refractivity contribution in [1.29, 1.82) is 5.26 Å². The molecule has 3 aromatic rings. The quantitative estimate of drug-likeness (QED) is 0.623. The van der Waals surface area contributed by atoms with E-state index in [1.54, 1.807) is 17.5 Å². The summed E-state index contributed by atoms with van der Waals surface area (Å²) in [7, 11) is 0. The van der Waals surface area contributed by atoms with Crippen LogP contribution in [-0.2, 0) is 11.3 Å². The molecule has 6 nitrogen and oxygen atoms in total. The van der Waals surface area contributed by atoms with E-state index in [2.05, 4.69) is 26.2 Å². The fourth-order valence-electron chi connectivity index (χ4n) is 3.77. The van der Waals surface area contributed by atoms with Crippen LogP contribution < -0.4 is 5.32 Å². The molecule has 0 aliphatic carbocycles. The second-order valence-electron chi connectivity index (χ2n) is 7.64. The molecule has 1 N–H and O–H groups in total. The van der Waals surface area contributed by atoms with Gasteiger partial charge < -0.3 is 5.32 Å². The molecule has 0 spiro atoms. The monoisotopic (exact) mass is 431 g/mol. The molecule has 2 aromatic carbocycles. The average Bonchev–Trinajstić information content (AvgIpc) is 3.34. The second-order valence-corrected chi connectivity index (χ2v) is 8.57. The minimum atomic E-state index is -0.216. The molecular formula is C24H25N5OS. The highest BCUT2D eigenvalue weighted by Gasteiger charge is 2.23. The Balaban J connectivity index is 1.28. The smallest absolute Gasteiger partial charge is 0.235 e. The number of benzene rings is 2. The van der Waals surface area contributed by atoms with Gasteiger partial charge in [-0.05, 0) is 23.3 Å². The Morgan fingerprint density at radius 3 is 2.42 bits per heavy atom. The molecule has 0 radical (unpaired) electrons. The molecule has 1 aromatic heterocycles. The van der Waals surface area contributed by atoms with Gasteiger partial charge in [-0.1, -0.05) is 42.5 Å². The van der Waals surface area contributed by atoms with Crippen molar-refractivity contribution < 1.29 is 4.79 Å². The minimum absolute atomic E-state index is 0.0181. The molecule has 0 bridgehead atoms. The number of hydrogen-bond acceptors (Lipinski definition) is 6. The fourth-order valence-corrected chi connectivity index (χ4v) is 4.48. The predicted octanol–water partition coefficient (Wildman–Crippen LogP) is 3.04. The van der Waals surface area contributed by atoms with Crippen LogP contribution in [0.15, 0.2) is 66.2 Å². The summed E-state index contributed by atoms with van der Waals surface area (Å²) in [6.45, 7) is 4.81. The van der Waals surface area contributed by atoms with Crippen molar-refractivity contribution in [3.8, 4) is 6.07 Å². The summed E-state index contributed by atoms with van der Waals surface area (Å²) in [5.41, 5.74) is 2.93. The number of nitriles is 1. The largest absolute Gasteiger partial charge is 0.342 e. The zero-order chi connectivity index (χ0) is 21.5. The Hall–Kier alpha value is -3.05. The molecule has 2 heterocycles. The van der Waals surface area contributed by atoms with Gasteiger partial charge in [0.05, 0.1) is 18.2 Å². The van der Waals surface area contributed by atoms with Gasteiger partial charge in [-0.2, -0.15) is 5.26 Å². The molecule has 1 saturated heterocycles. The van der Waals surface area contributed by atoms with Gasteiger partial charge in [0.25, 0.3) is 0 Å². The van der Waals surface area contributed by atoms with Crippen LogP contribution in [0.2, 0.25) is 0 Å². The number of nitrogens with zero attached hydrogens (tertiary/aromatic N) is 4. The van der Waals surface area contributed by atoms with Crippen LogP contribution >= 0.6 is 11.3 Å². The van der Waals surface area contributed by atoms with Gasteiger partial charge in [-0.25, -0.2) is 4.98 Å². The van der Waals surface area contributed by atoms with Crippen LogP contribution in [0.5, 0.6) is 0 Å². The van der Waals surface area contributed by atoms with Crippen LogP contribution in [0.4, 0.5) is 0 Å². The zero-order valence-electron chi connectivity index (χ0n) is 17.3. The number of nitrogens with one attached hydrogen (secondary N) is 1. The number of carbonyl (C=O) groups excluding carboxylic acids is 1. The summed E-state index contributed by atoms with van der Waals surface area (Å²) >= 11 is 1.55. The van der Waals surface area contributed by atoms with Gasteiger partial charge in [-0.15, -0.1) is 11.3 Å². The Morgan fingerprint density at radius 1 is 1.06 bits per heavy atom. The molecule has 1 aliphatic heterocycles. The van der Waals surface area contributed by atoms with E-state index in [1.807, 2.05) is 60.0 Å². The third-order valence-corrected chi connectivity index (χ3v) is 6.30. The van der Waals surface area contributed by atoms with Gasteiger partial charge in [0.2, 0.25) is 5.91 Å². The highest BCUT2D eigenvalue weighted by Crippen LogP contribution is 2.23. The van der Waals surface area contributed by atoms with Gasteiger partial charge in [0.15, 0.2) is 0 Å². The molecule has 7 heteroatoms. The maximum atomic E-state index is 12.8. The molecule has 1 amide bonds. The first-order valence-electron chi connectivity index (χ1n) is 10.4. The maximum Gasteiger partial charge on any atom is 0.235 e. The van der Waals surface area contributed by atoms with Gasteiger partial charge in [0.1, 0.15) is 11.0 Å². The van der Waals surface area contributed by atoms with Crippen LogP contribution in [0.25, 0.3) is 0 Å². The first-order chi connectivity index (χ1) is 15.2. The van der Waals surface area contributed by atoms with E-state index < -0.39 is 0 Å². The van der Waals surface area contributed by atoms with Gasteiger partial charge in [0, 0.05) is 44.3 Å². The lowest BCUT2D eigenvalue weighted by Crippen LogP contribution is -2.49. The number of carbonyl (C=O) groups is 1. The van der Waals surface area contributed by atoms with Crippen molar-refractivity contribution in [3.63, 3.8) is 0 Å². The summed E-state index contributed by atoms with van der Waals surface area (Å²) in [6, 6.07) is 19.7. The number of thiazole rings is 1. The predicted molar refractivity (Wildman–Crippen MR) is 121 cm³/mol. The second kappa shape index (κ2) is 10.3. The van der Waals surface area contributed by atoms with Crippen molar-refractivity contribution in [2.75, 3.05) is 32.7 Å². The van der Waals surface area contributed by atoms with E-state index in [0.29, 0.717) is 12.1 Å². The third-order valence-electron chi connectivity index (χ3n) is 5.46. The summed E-state index contributed by atoms with van der Waals surface area (Å²) < 4.78 is 0. The third kappa shape index (κ3) is 5.76. The van der Waals surface area contributed by atoms with E-state index in [9.17, 15) is 4.79 Å². The van der Waals surface area contributed by atoms with Gasteiger partial charge in [-0.3, -0.25) is 14.6 Å². The summed E-state index contributed by atoms with van der Waals surface area (Å²) in [4.78, 5) is 21.8. The SMILES string of the molecule is N#Cc1ccc(CN2CCN(CC(=O)NC(c3ccccc3)c3nccs3)CC2)cc1. The number of piperazine rings is 1. The maximum absolute atomic E-state index is 12.8. The molecule has 0 saturated carbocycles. The number of aromatic nitrogens is 1. The number of hydrogen-bond donors (Lipinski definition) is 1. The lowest BCUT2D eigenvalue weighted by atomic mass is 10.1. The van der Waals surface area contributed by atoms with Crippen LogP contribution in [-0.4, -0.2) is 53.4 Å². The number of amides is 1. The molecule has 1 atom stereocenters. The average molecular weight is 432 g/mol. The van der Waals surface area contributed by atoms with Crippen molar-refractivity contribution in [1.82, 2.24) is 20.1 Å². The summed E-state index contributed by atoms with van der Waals surface area (Å²) in [5.74, 6) is 0.0181. The first kappa shape index (κ1) is 21.2. The normalized spacial score (nSPS) is 15.8. The first-order valence-corrected chi connectivity index (χ1v) is 11.3. The molecule has 1 aliphatic rings. The molecular weight excluding hydrogens is 406 g/mol. The van der Waals surface area contributed by atoms with Crippen molar-refractivity contribution in [2.24, 2.45) is 0 Å². The lowest BCUT2D eigenvalue weighted by Gasteiger charge is -2.34. The molecule has 1 unspecified atom stereocenters. The Kier molecular flexibility index (Phi) is 7.05. The van der Waals surface area contributed by atoms with E-state index in [0.717, 1.165) is 43.3 Å². The number of rotatable bonds is 7. The fraction of sp³-hybridized carbons (Fsp3) is 0.292. The Bertz CT molecular complexity index is 1010. The van der Waals surface area contributed by atoms with Crippen LogP contribution in [0, 0.1) is 11.3 Å². The molecule has 4 rings (SSSR count). The molecule has 1 fully saturated rings. The van der Waals surface area contributed by atoms with E-state index in [1.165, 1.54) is 5.56 Å². The van der Waals surface area contributed by atoms with E-state index >= 15 is 0 Å².